The van der Waals surface area contributed by atoms with E-state index in [0.29, 0.717) is 0 Å². The monoisotopic (exact) mass is 290 g/mol. The Balaban J connectivity index is 2.32. The second-order valence-corrected chi connectivity index (χ2v) is 5.81. The highest BCUT2D eigenvalue weighted by Crippen LogP contribution is 2.24. The van der Waals surface area contributed by atoms with Gasteiger partial charge in [0.05, 0.1) is 25.7 Å². The Morgan fingerprint density at radius 2 is 1.95 bits per heavy atom. The molecular formula is C17H26N2O2. The van der Waals surface area contributed by atoms with Gasteiger partial charge in [0.1, 0.15) is 11.5 Å². The number of ether oxygens (including phenoxy) is 2. The predicted molar refractivity (Wildman–Crippen MR) is 84.5 cm³/mol. The first kappa shape index (κ1) is 17.3. The maximum atomic E-state index is 8.96. The lowest BCUT2D eigenvalue weighted by atomic mass is 9.89. The zero-order valence-corrected chi connectivity index (χ0v) is 13.5. The molecule has 0 fully saturated rings. The molecule has 1 aromatic carbocycles. The van der Waals surface area contributed by atoms with Crippen molar-refractivity contribution in [3.63, 3.8) is 0 Å². The minimum Gasteiger partial charge on any atom is -0.497 e. The minimum absolute atomic E-state index is 0.209. The smallest absolute Gasteiger partial charge is 0.127 e. The summed E-state index contributed by atoms with van der Waals surface area (Å²) < 4.78 is 10.6. The second-order valence-electron chi connectivity index (χ2n) is 5.81. The molecule has 116 valence electrons. The van der Waals surface area contributed by atoms with Crippen LogP contribution in [0.25, 0.3) is 0 Å². The lowest BCUT2D eigenvalue weighted by molar-refractivity contribution is 0.389. The fraction of sp³-hybridized carbons (Fsp3) is 0.588. The van der Waals surface area contributed by atoms with Crippen LogP contribution < -0.4 is 14.8 Å². The third-order valence-electron chi connectivity index (χ3n) is 3.52. The van der Waals surface area contributed by atoms with Crippen molar-refractivity contribution >= 4 is 0 Å². The Kier molecular flexibility index (Phi) is 7.04. The Bertz CT molecular complexity index is 478. The average Bonchev–Trinajstić information content (AvgIpc) is 2.50. The van der Waals surface area contributed by atoms with E-state index in [1.807, 2.05) is 32.0 Å². The van der Waals surface area contributed by atoms with E-state index in [4.69, 9.17) is 14.7 Å². The summed E-state index contributed by atoms with van der Waals surface area (Å²) in [5, 5.41) is 12.4. The van der Waals surface area contributed by atoms with Crippen LogP contribution in [0.15, 0.2) is 18.2 Å². The first-order chi connectivity index (χ1) is 10.0. The van der Waals surface area contributed by atoms with Gasteiger partial charge in [0.15, 0.2) is 0 Å². The molecule has 0 aliphatic carbocycles. The van der Waals surface area contributed by atoms with Gasteiger partial charge < -0.3 is 14.8 Å². The Morgan fingerprint density at radius 1 is 1.19 bits per heavy atom. The molecule has 0 amide bonds. The molecule has 0 spiro atoms. The van der Waals surface area contributed by atoms with Crippen molar-refractivity contribution in [2.24, 2.45) is 5.41 Å². The Hall–Kier alpha value is -1.73. The van der Waals surface area contributed by atoms with Gasteiger partial charge in [-0.1, -0.05) is 12.5 Å². The highest BCUT2D eigenvalue weighted by molar-refractivity contribution is 5.40. The summed E-state index contributed by atoms with van der Waals surface area (Å²) in [4.78, 5) is 0. The summed E-state index contributed by atoms with van der Waals surface area (Å²) in [6, 6.07) is 8.19. The molecule has 4 nitrogen and oxygen atoms in total. The van der Waals surface area contributed by atoms with Gasteiger partial charge in [0.2, 0.25) is 0 Å². The number of hydrogen-bond acceptors (Lipinski definition) is 4. The largest absolute Gasteiger partial charge is 0.497 e. The van der Waals surface area contributed by atoms with Gasteiger partial charge in [-0.05, 0) is 39.3 Å². The molecule has 0 saturated heterocycles. The van der Waals surface area contributed by atoms with Gasteiger partial charge in [-0.25, -0.2) is 0 Å². The lowest BCUT2D eigenvalue weighted by Crippen LogP contribution is -2.16. The number of hydrogen-bond donors (Lipinski definition) is 1. The molecule has 21 heavy (non-hydrogen) atoms. The molecule has 0 aliphatic heterocycles. The summed E-state index contributed by atoms with van der Waals surface area (Å²) in [5.74, 6) is 1.64. The van der Waals surface area contributed by atoms with Crippen LogP contribution >= 0.6 is 0 Å². The predicted octanol–water partition coefficient (Wildman–Crippen LogP) is 3.51. The van der Waals surface area contributed by atoms with Crippen LogP contribution in [-0.4, -0.2) is 20.8 Å². The van der Waals surface area contributed by atoms with Crippen LogP contribution in [-0.2, 0) is 6.54 Å². The molecule has 0 aliphatic rings. The molecule has 1 aromatic rings. The van der Waals surface area contributed by atoms with Crippen molar-refractivity contribution in [2.75, 3.05) is 20.8 Å². The molecule has 0 aromatic heterocycles. The van der Waals surface area contributed by atoms with Crippen LogP contribution in [0, 0.1) is 16.7 Å². The number of unbranched alkanes of at least 4 members (excludes halogenated alkanes) is 1. The van der Waals surface area contributed by atoms with Crippen molar-refractivity contribution in [1.82, 2.24) is 5.32 Å². The van der Waals surface area contributed by atoms with E-state index in [2.05, 4.69) is 11.4 Å². The van der Waals surface area contributed by atoms with Crippen LogP contribution in [0.4, 0.5) is 0 Å². The van der Waals surface area contributed by atoms with E-state index in [1.54, 1.807) is 14.2 Å². The first-order valence-corrected chi connectivity index (χ1v) is 7.35. The molecule has 0 saturated carbocycles. The van der Waals surface area contributed by atoms with Gasteiger partial charge in [0.25, 0.3) is 0 Å². The van der Waals surface area contributed by atoms with Crippen LogP contribution in [0.2, 0.25) is 0 Å². The lowest BCUT2D eigenvalue weighted by Gasteiger charge is -2.14. The molecule has 0 unspecified atom stereocenters. The fourth-order valence-corrected chi connectivity index (χ4v) is 2.09. The van der Waals surface area contributed by atoms with Crippen LogP contribution in [0.1, 0.15) is 38.7 Å². The first-order valence-electron chi connectivity index (χ1n) is 7.35. The molecule has 0 bridgehead atoms. The summed E-state index contributed by atoms with van der Waals surface area (Å²) in [6.45, 7) is 5.69. The quantitative estimate of drug-likeness (QED) is 0.707. The van der Waals surface area contributed by atoms with Gasteiger partial charge >= 0.3 is 0 Å². The van der Waals surface area contributed by atoms with E-state index in [0.717, 1.165) is 49.4 Å². The molecule has 1 rings (SSSR count). The van der Waals surface area contributed by atoms with Crippen LogP contribution in [0.5, 0.6) is 11.5 Å². The highest BCUT2D eigenvalue weighted by Gasteiger charge is 2.15. The summed E-state index contributed by atoms with van der Waals surface area (Å²) >= 11 is 0. The number of methoxy groups -OCH3 is 2. The van der Waals surface area contributed by atoms with Gasteiger partial charge in [-0.3, -0.25) is 0 Å². The van der Waals surface area contributed by atoms with E-state index < -0.39 is 0 Å². The second kappa shape index (κ2) is 8.53. The zero-order valence-electron chi connectivity index (χ0n) is 13.5. The van der Waals surface area contributed by atoms with Gasteiger partial charge in [0, 0.05) is 18.2 Å². The molecule has 4 heteroatoms. The van der Waals surface area contributed by atoms with E-state index in [1.165, 1.54) is 0 Å². The van der Waals surface area contributed by atoms with E-state index in [9.17, 15) is 0 Å². The van der Waals surface area contributed by atoms with Gasteiger partial charge in [-0.2, -0.15) is 5.26 Å². The van der Waals surface area contributed by atoms with Crippen molar-refractivity contribution in [1.29, 1.82) is 5.26 Å². The van der Waals surface area contributed by atoms with Crippen LogP contribution in [0.3, 0.4) is 0 Å². The molecule has 0 radical (unpaired) electrons. The number of nitriles is 1. The highest BCUT2D eigenvalue weighted by atomic mass is 16.5. The summed E-state index contributed by atoms with van der Waals surface area (Å²) in [5.41, 5.74) is 0.912. The number of nitrogens with one attached hydrogen (secondary N) is 1. The Labute approximate surface area is 128 Å². The molecular weight excluding hydrogens is 264 g/mol. The third-order valence-corrected chi connectivity index (χ3v) is 3.52. The molecule has 0 heterocycles. The maximum absolute atomic E-state index is 8.96. The van der Waals surface area contributed by atoms with E-state index in [-0.39, 0.29) is 5.41 Å². The standard InChI is InChI=1S/C17H26N2O2/c1-17(2,13-18)9-5-6-10-19-12-14-7-8-15(20-3)11-16(14)21-4/h7-8,11,19H,5-6,9-10,12H2,1-4H3. The van der Waals surface area contributed by atoms with Crippen molar-refractivity contribution in [3.05, 3.63) is 23.8 Å². The third kappa shape index (κ3) is 6.05. The molecule has 1 N–H and O–H groups in total. The minimum atomic E-state index is -0.209. The van der Waals surface area contributed by atoms with Gasteiger partial charge in [-0.15, -0.1) is 0 Å². The zero-order chi connectivity index (χ0) is 15.7. The number of rotatable bonds is 9. The van der Waals surface area contributed by atoms with Crippen molar-refractivity contribution in [2.45, 2.75) is 39.7 Å². The SMILES string of the molecule is COc1ccc(CNCCCCC(C)(C)C#N)c(OC)c1. The van der Waals surface area contributed by atoms with E-state index >= 15 is 0 Å². The van der Waals surface area contributed by atoms with Crippen molar-refractivity contribution in [3.8, 4) is 17.6 Å². The van der Waals surface area contributed by atoms with Crippen molar-refractivity contribution < 1.29 is 9.47 Å². The number of benzene rings is 1. The average molecular weight is 290 g/mol. The Morgan fingerprint density at radius 3 is 2.57 bits per heavy atom. The normalized spacial score (nSPS) is 11.0. The fourth-order valence-electron chi connectivity index (χ4n) is 2.09. The maximum Gasteiger partial charge on any atom is 0.127 e. The molecule has 0 atom stereocenters. The summed E-state index contributed by atoms with van der Waals surface area (Å²) in [6.07, 6.45) is 3.08. The summed E-state index contributed by atoms with van der Waals surface area (Å²) in [7, 11) is 3.32. The topological polar surface area (TPSA) is 54.3 Å². The number of nitrogens with zero attached hydrogens (tertiary/aromatic N) is 1.